The average molecular weight is 363 g/mol. The summed E-state index contributed by atoms with van der Waals surface area (Å²) >= 11 is 0. The van der Waals surface area contributed by atoms with Crippen LogP contribution in [-0.2, 0) is 14.9 Å². The van der Waals surface area contributed by atoms with Gasteiger partial charge in [0, 0.05) is 45.7 Å². The van der Waals surface area contributed by atoms with Crippen LogP contribution in [0.5, 0.6) is 5.75 Å². The second-order valence-electron chi connectivity index (χ2n) is 8.62. The van der Waals surface area contributed by atoms with Crippen molar-refractivity contribution in [3.63, 3.8) is 0 Å². The minimum absolute atomic E-state index is 0.0835. The fourth-order valence-corrected chi connectivity index (χ4v) is 3.72. The molecule has 0 amide bonds. The molecule has 0 aromatic heterocycles. The predicted molar refractivity (Wildman–Crippen MR) is 102 cm³/mol. The first kappa shape index (κ1) is 19.6. The fraction of sp³-hybridized carbons (Fsp3) is 0.714. The van der Waals surface area contributed by atoms with E-state index >= 15 is 0 Å². The zero-order chi connectivity index (χ0) is 18.6. The van der Waals surface area contributed by atoms with Gasteiger partial charge in [-0.05, 0) is 23.1 Å². The molecule has 26 heavy (non-hydrogen) atoms. The lowest BCUT2D eigenvalue weighted by Gasteiger charge is -2.45. The molecule has 2 heterocycles. The van der Waals surface area contributed by atoms with Crippen molar-refractivity contribution in [1.29, 1.82) is 0 Å². The Kier molecular flexibility index (Phi) is 6.23. The van der Waals surface area contributed by atoms with Gasteiger partial charge in [-0.3, -0.25) is 4.90 Å². The number of aliphatic hydroxyl groups is 1. The molecule has 5 heteroatoms. The van der Waals surface area contributed by atoms with E-state index in [-0.39, 0.29) is 11.0 Å². The number of β-amino-alcohol motifs (C(OH)–C–C–N with tert-alkyl or cyclic N) is 1. The number of nitrogens with zero attached hydrogens (tertiary/aromatic N) is 1. The zero-order valence-electron chi connectivity index (χ0n) is 16.4. The van der Waals surface area contributed by atoms with E-state index in [0.717, 1.165) is 51.5 Å². The van der Waals surface area contributed by atoms with Crippen LogP contribution in [-0.4, -0.2) is 67.8 Å². The highest BCUT2D eigenvalue weighted by Crippen LogP contribution is 2.29. The summed E-state index contributed by atoms with van der Waals surface area (Å²) in [6.45, 7) is 11.5. The summed E-state index contributed by atoms with van der Waals surface area (Å²) in [7, 11) is 0. The van der Waals surface area contributed by atoms with E-state index in [1.807, 2.05) is 12.1 Å². The Morgan fingerprint density at radius 1 is 1.15 bits per heavy atom. The van der Waals surface area contributed by atoms with E-state index in [9.17, 15) is 5.11 Å². The van der Waals surface area contributed by atoms with Gasteiger partial charge in [0.15, 0.2) is 0 Å². The lowest BCUT2D eigenvalue weighted by Crippen LogP contribution is -2.55. The molecule has 0 aliphatic carbocycles. The molecule has 1 spiro atoms. The zero-order valence-corrected chi connectivity index (χ0v) is 16.4. The number of morpholine rings is 1. The van der Waals surface area contributed by atoms with Gasteiger partial charge in [0.05, 0.1) is 12.2 Å². The molecule has 2 aliphatic heterocycles. The molecule has 1 N–H and O–H groups in total. The first-order valence-corrected chi connectivity index (χ1v) is 9.72. The molecule has 1 aromatic rings. The highest BCUT2D eigenvalue weighted by Gasteiger charge is 2.38. The van der Waals surface area contributed by atoms with Crippen molar-refractivity contribution in [3.05, 3.63) is 29.8 Å². The van der Waals surface area contributed by atoms with Crippen LogP contribution in [0.3, 0.4) is 0 Å². The minimum Gasteiger partial charge on any atom is -0.491 e. The number of benzene rings is 1. The summed E-state index contributed by atoms with van der Waals surface area (Å²) in [5, 5.41) is 10.4. The van der Waals surface area contributed by atoms with Crippen LogP contribution in [0.15, 0.2) is 24.3 Å². The maximum atomic E-state index is 10.4. The van der Waals surface area contributed by atoms with E-state index in [1.165, 1.54) is 5.56 Å². The second kappa shape index (κ2) is 8.26. The number of hydrogen-bond donors (Lipinski definition) is 1. The van der Waals surface area contributed by atoms with Gasteiger partial charge in [-0.2, -0.15) is 0 Å². The molecule has 1 aromatic carbocycles. The van der Waals surface area contributed by atoms with E-state index in [2.05, 4.69) is 37.8 Å². The smallest absolute Gasteiger partial charge is 0.119 e. The van der Waals surface area contributed by atoms with Crippen molar-refractivity contribution in [1.82, 2.24) is 4.90 Å². The maximum Gasteiger partial charge on any atom is 0.119 e. The molecule has 2 fully saturated rings. The normalized spacial score (nSPS) is 22.3. The maximum absolute atomic E-state index is 10.4. The summed E-state index contributed by atoms with van der Waals surface area (Å²) in [6, 6.07) is 8.16. The molecule has 0 saturated carbocycles. The van der Waals surface area contributed by atoms with Gasteiger partial charge in [0.1, 0.15) is 18.5 Å². The van der Waals surface area contributed by atoms with Gasteiger partial charge in [-0.25, -0.2) is 0 Å². The van der Waals surface area contributed by atoms with Crippen molar-refractivity contribution < 1.29 is 19.3 Å². The molecule has 1 atom stereocenters. The van der Waals surface area contributed by atoms with Crippen LogP contribution in [0.4, 0.5) is 0 Å². The molecule has 146 valence electrons. The van der Waals surface area contributed by atoms with Crippen LogP contribution in [0, 0.1) is 0 Å². The van der Waals surface area contributed by atoms with Gasteiger partial charge in [-0.15, -0.1) is 0 Å². The van der Waals surface area contributed by atoms with Gasteiger partial charge < -0.3 is 19.3 Å². The largest absolute Gasteiger partial charge is 0.491 e. The van der Waals surface area contributed by atoms with Gasteiger partial charge >= 0.3 is 0 Å². The topological polar surface area (TPSA) is 51.2 Å². The third-order valence-electron chi connectivity index (χ3n) is 5.36. The Hall–Kier alpha value is -1.14. The summed E-state index contributed by atoms with van der Waals surface area (Å²) in [5.74, 6) is 0.805. The quantitative estimate of drug-likeness (QED) is 0.871. The molecule has 1 unspecified atom stereocenters. The number of rotatable bonds is 5. The highest BCUT2D eigenvalue weighted by atomic mass is 16.5. The number of hydrogen-bond acceptors (Lipinski definition) is 5. The van der Waals surface area contributed by atoms with Crippen molar-refractivity contribution >= 4 is 0 Å². The minimum atomic E-state index is -0.507. The van der Waals surface area contributed by atoms with Crippen LogP contribution in [0.1, 0.15) is 39.2 Å². The lowest BCUT2D eigenvalue weighted by molar-refractivity contribution is -0.157. The first-order valence-electron chi connectivity index (χ1n) is 9.72. The third kappa shape index (κ3) is 5.19. The summed E-state index contributed by atoms with van der Waals surface area (Å²) in [5.41, 5.74) is 1.33. The van der Waals surface area contributed by atoms with Gasteiger partial charge in [0.2, 0.25) is 0 Å². The SMILES string of the molecule is CC(C)(C)c1ccc(OCC(O)CN2CCOC3(CCOCC3)C2)cc1. The first-order chi connectivity index (χ1) is 12.4. The van der Waals surface area contributed by atoms with Crippen molar-refractivity contribution in [2.24, 2.45) is 0 Å². The van der Waals surface area contributed by atoms with Crippen LogP contribution >= 0.6 is 0 Å². The molecule has 2 aliphatic rings. The van der Waals surface area contributed by atoms with E-state index in [1.54, 1.807) is 0 Å². The predicted octanol–water partition coefficient (Wildman–Crippen LogP) is 2.61. The monoisotopic (exact) mass is 363 g/mol. The van der Waals surface area contributed by atoms with Crippen LogP contribution in [0.2, 0.25) is 0 Å². The Balaban J connectivity index is 1.45. The van der Waals surface area contributed by atoms with E-state index in [0.29, 0.717) is 13.2 Å². The fourth-order valence-electron chi connectivity index (χ4n) is 3.72. The Labute approximate surface area is 157 Å². The standard InChI is InChI=1S/C21H33NO4/c1-20(2,3)17-4-6-19(7-5-17)25-15-18(23)14-22-10-13-26-21(16-22)8-11-24-12-9-21/h4-7,18,23H,8-16H2,1-3H3. The lowest BCUT2D eigenvalue weighted by atomic mass is 9.87. The number of ether oxygens (including phenoxy) is 3. The molecule has 0 radical (unpaired) electrons. The summed E-state index contributed by atoms with van der Waals surface area (Å²) < 4.78 is 17.3. The third-order valence-corrected chi connectivity index (χ3v) is 5.36. The summed E-state index contributed by atoms with van der Waals surface area (Å²) in [6.07, 6.45) is 1.37. The van der Waals surface area contributed by atoms with E-state index in [4.69, 9.17) is 14.2 Å². The highest BCUT2D eigenvalue weighted by molar-refractivity contribution is 5.31. The summed E-state index contributed by atoms with van der Waals surface area (Å²) in [4.78, 5) is 2.30. The van der Waals surface area contributed by atoms with Gasteiger partial charge in [-0.1, -0.05) is 32.9 Å². The molecule has 3 rings (SSSR count). The van der Waals surface area contributed by atoms with Crippen LogP contribution in [0.25, 0.3) is 0 Å². The van der Waals surface area contributed by atoms with Gasteiger partial charge in [0.25, 0.3) is 0 Å². The van der Waals surface area contributed by atoms with Crippen molar-refractivity contribution in [2.45, 2.75) is 50.7 Å². The molecular weight excluding hydrogens is 330 g/mol. The Morgan fingerprint density at radius 2 is 1.85 bits per heavy atom. The molecule has 0 bridgehead atoms. The number of aliphatic hydroxyl groups excluding tert-OH is 1. The second-order valence-corrected chi connectivity index (χ2v) is 8.62. The molecule has 2 saturated heterocycles. The van der Waals surface area contributed by atoms with Crippen molar-refractivity contribution in [3.8, 4) is 5.75 Å². The molecule has 5 nitrogen and oxygen atoms in total. The Bertz CT molecular complexity index is 555. The van der Waals surface area contributed by atoms with E-state index < -0.39 is 6.10 Å². The average Bonchev–Trinajstić information content (AvgIpc) is 2.60. The molecular formula is C21H33NO4. The Morgan fingerprint density at radius 3 is 2.50 bits per heavy atom. The van der Waals surface area contributed by atoms with Crippen molar-refractivity contribution in [2.75, 3.05) is 46.1 Å². The van der Waals surface area contributed by atoms with Crippen LogP contribution < -0.4 is 4.74 Å².